The Kier molecular flexibility index (Phi) is 5.65. The Hall–Kier alpha value is -4.96. The van der Waals surface area contributed by atoms with Crippen LogP contribution in [-0.4, -0.2) is 33.7 Å². The van der Waals surface area contributed by atoms with Crippen molar-refractivity contribution in [1.82, 2.24) is 14.5 Å². The zero-order chi connectivity index (χ0) is 26.4. The number of hydrogen-bond donors (Lipinski definition) is 3. The van der Waals surface area contributed by atoms with Gasteiger partial charge in [0.05, 0.1) is 33.6 Å². The summed E-state index contributed by atoms with van der Waals surface area (Å²) < 4.78 is 28.1. The third kappa shape index (κ3) is 3.70. The van der Waals surface area contributed by atoms with Gasteiger partial charge in [-0.1, -0.05) is 18.2 Å². The number of fused-ring (bicyclic) bond motifs is 4. The summed E-state index contributed by atoms with van der Waals surface area (Å²) in [4.78, 5) is 33.7. The molecule has 4 aromatic heterocycles. The molecule has 0 saturated heterocycles. The Morgan fingerprint density at radius 3 is 2.79 bits per heavy atom. The van der Waals surface area contributed by atoms with E-state index in [0.717, 1.165) is 10.9 Å². The summed E-state index contributed by atoms with van der Waals surface area (Å²) in [7, 11) is 0. The van der Waals surface area contributed by atoms with Crippen molar-refractivity contribution in [1.29, 1.82) is 0 Å². The second-order valence-corrected chi connectivity index (χ2v) is 8.79. The Bertz CT molecular complexity index is 1920. The van der Waals surface area contributed by atoms with Gasteiger partial charge in [0.25, 0.3) is 5.56 Å². The van der Waals surface area contributed by atoms with Gasteiger partial charge in [-0.25, -0.2) is 14.2 Å². The SMILES string of the molecule is NCCOC(=O)c1c(-c2ccc[nH]c2=O)c2c3occc3c(F)cc2n1Cc1cc(N)nc2ccccc12. The lowest BCUT2D eigenvalue weighted by atomic mass is 10.0. The van der Waals surface area contributed by atoms with E-state index in [1.165, 1.54) is 24.6 Å². The molecule has 0 aliphatic heterocycles. The zero-order valence-electron chi connectivity index (χ0n) is 20.0. The summed E-state index contributed by atoms with van der Waals surface area (Å²) in [5.41, 5.74) is 13.8. The van der Waals surface area contributed by atoms with Gasteiger partial charge in [-0.15, -0.1) is 0 Å². The molecule has 190 valence electrons. The van der Waals surface area contributed by atoms with Gasteiger partial charge in [0.2, 0.25) is 0 Å². The number of pyridine rings is 2. The van der Waals surface area contributed by atoms with Crippen molar-refractivity contribution in [3.8, 4) is 11.1 Å². The zero-order valence-corrected chi connectivity index (χ0v) is 20.0. The lowest BCUT2D eigenvalue weighted by molar-refractivity contribution is 0.0506. The maximum absolute atomic E-state index is 15.3. The number of aromatic nitrogens is 3. The molecule has 6 rings (SSSR count). The quantitative estimate of drug-likeness (QED) is 0.285. The van der Waals surface area contributed by atoms with Crippen molar-refractivity contribution in [3.63, 3.8) is 0 Å². The molecular weight excluding hydrogens is 489 g/mol. The number of hydrogen-bond acceptors (Lipinski definition) is 7. The molecule has 4 heterocycles. The first-order valence-corrected chi connectivity index (χ1v) is 11.9. The number of nitrogen functional groups attached to an aromatic ring is 1. The highest BCUT2D eigenvalue weighted by atomic mass is 19.1. The van der Waals surface area contributed by atoms with Crippen LogP contribution in [0.5, 0.6) is 0 Å². The van der Waals surface area contributed by atoms with Crippen LogP contribution in [0.15, 0.2) is 76.3 Å². The number of carbonyl (C=O) groups excluding carboxylic acids is 1. The van der Waals surface area contributed by atoms with Crippen LogP contribution in [0.3, 0.4) is 0 Å². The molecule has 6 aromatic rings. The molecule has 0 spiro atoms. The average Bonchev–Trinajstić information content (AvgIpc) is 3.51. The van der Waals surface area contributed by atoms with Crippen LogP contribution in [0.25, 0.3) is 43.9 Å². The molecule has 0 aliphatic rings. The lowest BCUT2D eigenvalue weighted by Crippen LogP contribution is -2.19. The number of aromatic amines is 1. The van der Waals surface area contributed by atoms with Gasteiger partial charge in [0, 0.05) is 30.2 Å². The summed E-state index contributed by atoms with van der Waals surface area (Å²) in [6.45, 7) is 0.170. The largest absolute Gasteiger partial charge is 0.463 e. The number of nitrogens with one attached hydrogen (secondary N) is 1. The van der Waals surface area contributed by atoms with Gasteiger partial charge in [-0.2, -0.15) is 0 Å². The number of halogens is 1. The highest BCUT2D eigenvalue weighted by Gasteiger charge is 2.30. The smallest absolute Gasteiger partial charge is 0.355 e. The number of ether oxygens (including phenoxy) is 1. The lowest BCUT2D eigenvalue weighted by Gasteiger charge is -2.14. The second-order valence-electron chi connectivity index (χ2n) is 8.79. The van der Waals surface area contributed by atoms with E-state index in [2.05, 4.69) is 9.97 Å². The molecule has 0 atom stereocenters. The van der Waals surface area contributed by atoms with Crippen LogP contribution in [0, 0.1) is 5.82 Å². The van der Waals surface area contributed by atoms with E-state index in [1.807, 2.05) is 24.3 Å². The van der Waals surface area contributed by atoms with Gasteiger partial charge in [-0.3, -0.25) is 4.79 Å². The minimum atomic E-state index is -0.712. The number of carbonyl (C=O) groups is 1. The molecule has 10 heteroatoms. The number of H-pyrrole nitrogens is 1. The third-order valence-corrected chi connectivity index (χ3v) is 6.50. The molecule has 0 amide bonds. The van der Waals surface area contributed by atoms with E-state index in [4.69, 9.17) is 20.6 Å². The van der Waals surface area contributed by atoms with Gasteiger partial charge >= 0.3 is 5.97 Å². The number of rotatable bonds is 6. The number of nitrogens with zero attached hydrogens (tertiary/aromatic N) is 2. The molecule has 9 nitrogen and oxygen atoms in total. The van der Waals surface area contributed by atoms with Crippen molar-refractivity contribution in [2.75, 3.05) is 18.9 Å². The van der Waals surface area contributed by atoms with E-state index in [9.17, 15) is 9.59 Å². The number of anilines is 1. The summed E-state index contributed by atoms with van der Waals surface area (Å²) in [6, 6.07) is 15.2. The predicted molar refractivity (Wildman–Crippen MR) is 142 cm³/mol. The molecular formula is C28H22FN5O4. The first-order chi connectivity index (χ1) is 18.5. The Labute approximate surface area is 214 Å². The van der Waals surface area contributed by atoms with Crippen molar-refractivity contribution in [3.05, 3.63) is 94.5 Å². The molecule has 0 unspecified atom stereocenters. The molecule has 2 aromatic carbocycles. The molecule has 0 saturated carbocycles. The summed E-state index contributed by atoms with van der Waals surface area (Å²) in [6.07, 6.45) is 2.86. The predicted octanol–water partition coefficient (Wildman–Crippen LogP) is 4.18. The van der Waals surface area contributed by atoms with Crippen LogP contribution in [0.2, 0.25) is 0 Å². The van der Waals surface area contributed by atoms with E-state index in [-0.39, 0.29) is 47.5 Å². The van der Waals surface area contributed by atoms with Crippen LogP contribution >= 0.6 is 0 Å². The van der Waals surface area contributed by atoms with Crippen LogP contribution in [0.1, 0.15) is 16.1 Å². The van der Waals surface area contributed by atoms with Gasteiger partial charge in [0.15, 0.2) is 0 Å². The highest BCUT2D eigenvalue weighted by molar-refractivity contribution is 6.17. The maximum Gasteiger partial charge on any atom is 0.355 e. The van der Waals surface area contributed by atoms with Gasteiger partial charge in [0.1, 0.15) is 29.5 Å². The van der Waals surface area contributed by atoms with Crippen molar-refractivity contribution in [2.24, 2.45) is 5.73 Å². The number of esters is 1. The molecule has 0 bridgehead atoms. The standard InChI is InChI=1S/C28H22FN5O4/c29-19-13-21-24(26-17(19)7-10-37-26)23(18-5-3-9-32-27(18)35)25(28(36)38-11-8-30)34(21)14-15-12-22(31)33-20-6-2-1-4-16(15)20/h1-7,9-10,12-13H,8,11,14,30H2,(H2,31,33)(H,32,35). The molecule has 38 heavy (non-hydrogen) atoms. The van der Waals surface area contributed by atoms with E-state index >= 15 is 4.39 Å². The average molecular weight is 512 g/mol. The van der Waals surface area contributed by atoms with E-state index in [0.29, 0.717) is 22.2 Å². The summed E-state index contributed by atoms with van der Waals surface area (Å²) >= 11 is 0. The van der Waals surface area contributed by atoms with Crippen molar-refractivity contribution < 1.29 is 18.3 Å². The monoisotopic (exact) mass is 511 g/mol. The molecule has 0 radical (unpaired) electrons. The topological polar surface area (TPSA) is 142 Å². The van der Waals surface area contributed by atoms with Crippen LogP contribution in [0.4, 0.5) is 10.2 Å². The maximum atomic E-state index is 15.3. The number of benzene rings is 2. The Balaban J connectivity index is 1.75. The van der Waals surface area contributed by atoms with Gasteiger partial charge < -0.3 is 30.2 Å². The number of para-hydroxylation sites is 1. The van der Waals surface area contributed by atoms with Crippen LogP contribution < -0.4 is 17.0 Å². The number of furan rings is 1. The van der Waals surface area contributed by atoms with Gasteiger partial charge in [-0.05, 0) is 42.0 Å². The van der Waals surface area contributed by atoms with E-state index in [1.54, 1.807) is 22.8 Å². The van der Waals surface area contributed by atoms with Crippen molar-refractivity contribution >= 4 is 44.6 Å². The van der Waals surface area contributed by atoms with E-state index < -0.39 is 17.3 Å². The fourth-order valence-electron chi connectivity index (χ4n) is 4.95. The second kappa shape index (κ2) is 9.16. The number of nitrogens with two attached hydrogens (primary N) is 2. The first-order valence-electron chi connectivity index (χ1n) is 11.9. The third-order valence-electron chi connectivity index (χ3n) is 6.50. The highest BCUT2D eigenvalue weighted by Crippen LogP contribution is 2.41. The summed E-state index contributed by atoms with van der Waals surface area (Å²) in [5.74, 6) is -0.951. The van der Waals surface area contributed by atoms with Crippen LogP contribution in [-0.2, 0) is 11.3 Å². The van der Waals surface area contributed by atoms with Crippen molar-refractivity contribution in [2.45, 2.75) is 6.54 Å². The minimum absolute atomic E-state index is 0.0411. The Morgan fingerprint density at radius 1 is 1.13 bits per heavy atom. The molecule has 0 aliphatic carbocycles. The first kappa shape index (κ1) is 23.4. The fraction of sp³-hybridized carbons (Fsp3) is 0.107. The molecule has 0 fully saturated rings. The minimum Gasteiger partial charge on any atom is -0.463 e. The molecule has 5 N–H and O–H groups in total. The normalized spacial score (nSPS) is 11.5. The Morgan fingerprint density at radius 2 is 1.97 bits per heavy atom. The summed E-state index contributed by atoms with van der Waals surface area (Å²) in [5, 5.41) is 1.45. The fourth-order valence-corrected chi connectivity index (χ4v) is 4.95.